The molecule has 3 atom stereocenters. The minimum atomic E-state index is 0.296. The van der Waals surface area contributed by atoms with E-state index in [-0.39, 0.29) is 0 Å². The predicted molar refractivity (Wildman–Crippen MR) is 74.2 cm³/mol. The number of fused-ring (bicyclic) bond motifs is 3. The maximum Gasteiger partial charge on any atom is 0.229 e. The van der Waals surface area contributed by atoms with E-state index in [0.29, 0.717) is 18.0 Å². The zero-order valence-electron chi connectivity index (χ0n) is 11.9. The first-order valence-corrected chi connectivity index (χ1v) is 7.85. The van der Waals surface area contributed by atoms with Crippen LogP contribution in [-0.2, 0) is 0 Å². The van der Waals surface area contributed by atoms with Gasteiger partial charge in [0.2, 0.25) is 5.89 Å². The molecule has 0 spiro atoms. The van der Waals surface area contributed by atoms with Gasteiger partial charge in [-0.3, -0.25) is 9.80 Å². The van der Waals surface area contributed by atoms with Gasteiger partial charge in [0.15, 0.2) is 5.82 Å². The van der Waals surface area contributed by atoms with Gasteiger partial charge in [-0.2, -0.15) is 4.98 Å². The molecule has 0 radical (unpaired) electrons. The molecule has 1 aromatic heterocycles. The Morgan fingerprint density at radius 2 is 2.00 bits per heavy atom. The molecule has 110 valence electrons. The van der Waals surface area contributed by atoms with E-state index in [1.165, 1.54) is 19.5 Å². The summed E-state index contributed by atoms with van der Waals surface area (Å²) in [5, 5.41) is 4.26. The fourth-order valence-electron chi connectivity index (χ4n) is 3.86. The second-order valence-corrected chi connectivity index (χ2v) is 6.47. The van der Waals surface area contributed by atoms with Crippen LogP contribution in [0.4, 0.5) is 0 Å². The summed E-state index contributed by atoms with van der Waals surface area (Å²) >= 11 is 0. The topological polar surface area (TPSA) is 71.4 Å². The Kier molecular flexibility index (Phi) is 3.24. The first-order valence-electron chi connectivity index (χ1n) is 7.85. The fraction of sp³-hybridized carbons (Fsp3) is 0.857. The largest absolute Gasteiger partial charge is 0.339 e. The van der Waals surface area contributed by atoms with Crippen LogP contribution in [0.1, 0.15) is 49.4 Å². The summed E-state index contributed by atoms with van der Waals surface area (Å²) in [5.74, 6) is 2.06. The van der Waals surface area contributed by atoms with Crippen LogP contribution in [0.2, 0.25) is 0 Å². The van der Waals surface area contributed by atoms with Gasteiger partial charge >= 0.3 is 0 Å². The molecule has 6 nitrogen and oxygen atoms in total. The number of piperazine rings is 3. The van der Waals surface area contributed by atoms with Crippen molar-refractivity contribution in [1.82, 2.24) is 19.9 Å². The van der Waals surface area contributed by atoms with E-state index in [2.05, 4.69) is 15.0 Å². The Bertz CT molecular complexity index is 468. The molecule has 20 heavy (non-hydrogen) atoms. The molecule has 2 bridgehead atoms. The highest BCUT2D eigenvalue weighted by atomic mass is 16.5. The van der Waals surface area contributed by atoms with E-state index in [4.69, 9.17) is 15.2 Å². The molecule has 4 heterocycles. The predicted octanol–water partition coefficient (Wildman–Crippen LogP) is 0.727. The van der Waals surface area contributed by atoms with Crippen LogP contribution >= 0.6 is 0 Å². The third-order valence-corrected chi connectivity index (χ3v) is 5.10. The summed E-state index contributed by atoms with van der Waals surface area (Å²) in [6.07, 6.45) is 4.42. The SMILES string of the molecule is NC1CCCC(c2nc(C3CN4CCN3CC4)no2)C1. The molecule has 4 aliphatic rings. The Morgan fingerprint density at radius 1 is 1.15 bits per heavy atom. The highest BCUT2D eigenvalue weighted by Crippen LogP contribution is 2.33. The van der Waals surface area contributed by atoms with Gasteiger partial charge in [-0.05, 0) is 19.3 Å². The standard InChI is InChI=1S/C14H23N5O/c15-11-3-1-2-10(8-11)14-16-13(17-20-14)12-9-18-4-6-19(12)7-5-18/h10-12H,1-9,15H2. The average Bonchev–Trinajstić information content (AvgIpc) is 2.98. The Labute approximate surface area is 119 Å². The quantitative estimate of drug-likeness (QED) is 0.859. The lowest BCUT2D eigenvalue weighted by molar-refractivity contribution is 0.00781. The summed E-state index contributed by atoms with van der Waals surface area (Å²) in [6.45, 7) is 5.66. The van der Waals surface area contributed by atoms with Crippen molar-refractivity contribution in [3.63, 3.8) is 0 Å². The molecule has 3 saturated heterocycles. The lowest BCUT2D eigenvalue weighted by Gasteiger charge is -2.46. The van der Waals surface area contributed by atoms with Crippen LogP contribution in [0.5, 0.6) is 0 Å². The molecule has 3 unspecified atom stereocenters. The number of hydrogen-bond donors (Lipinski definition) is 1. The Hall–Kier alpha value is -0.980. The summed E-state index contributed by atoms with van der Waals surface area (Å²) in [7, 11) is 0. The Morgan fingerprint density at radius 3 is 2.70 bits per heavy atom. The molecule has 1 aromatic rings. The molecular weight excluding hydrogens is 254 g/mol. The van der Waals surface area contributed by atoms with Crippen molar-refractivity contribution < 1.29 is 4.52 Å². The van der Waals surface area contributed by atoms with Gasteiger partial charge in [0.25, 0.3) is 0 Å². The van der Waals surface area contributed by atoms with E-state index < -0.39 is 0 Å². The molecule has 2 N–H and O–H groups in total. The van der Waals surface area contributed by atoms with Crippen LogP contribution in [0.3, 0.4) is 0 Å². The highest BCUT2D eigenvalue weighted by Gasteiger charge is 2.36. The van der Waals surface area contributed by atoms with Crippen molar-refractivity contribution in [3.8, 4) is 0 Å². The van der Waals surface area contributed by atoms with Crippen molar-refractivity contribution in [1.29, 1.82) is 0 Å². The highest BCUT2D eigenvalue weighted by molar-refractivity contribution is 5.04. The zero-order valence-corrected chi connectivity index (χ0v) is 11.9. The van der Waals surface area contributed by atoms with Crippen LogP contribution in [0.25, 0.3) is 0 Å². The summed E-state index contributed by atoms with van der Waals surface area (Å²) < 4.78 is 5.55. The van der Waals surface area contributed by atoms with E-state index in [1.54, 1.807) is 0 Å². The monoisotopic (exact) mass is 277 g/mol. The first-order chi connectivity index (χ1) is 9.79. The molecule has 1 saturated carbocycles. The van der Waals surface area contributed by atoms with E-state index in [0.717, 1.165) is 50.6 Å². The maximum absolute atomic E-state index is 6.06. The molecule has 6 heteroatoms. The third kappa shape index (κ3) is 2.25. The van der Waals surface area contributed by atoms with E-state index in [9.17, 15) is 0 Å². The van der Waals surface area contributed by atoms with Crippen molar-refractivity contribution in [2.24, 2.45) is 5.73 Å². The van der Waals surface area contributed by atoms with E-state index >= 15 is 0 Å². The van der Waals surface area contributed by atoms with Gasteiger partial charge in [0.1, 0.15) is 0 Å². The van der Waals surface area contributed by atoms with Gasteiger partial charge < -0.3 is 10.3 Å². The van der Waals surface area contributed by atoms with Gasteiger partial charge in [-0.15, -0.1) is 0 Å². The van der Waals surface area contributed by atoms with Crippen LogP contribution in [-0.4, -0.2) is 58.7 Å². The second-order valence-electron chi connectivity index (χ2n) is 6.47. The third-order valence-electron chi connectivity index (χ3n) is 5.10. The van der Waals surface area contributed by atoms with Gasteiger partial charge in [0.05, 0.1) is 6.04 Å². The van der Waals surface area contributed by atoms with Crippen LogP contribution < -0.4 is 5.73 Å². The minimum absolute atomic E-state index is 0.296. The first kappa shape index (κ1) is 12.7. The zero-order chi connectivity index (χ0) is 13.5. The fourth-order valence-corrected chi connectivity index (χ4v) is 3.86. The van der Waals surface area contributed by atoms with Crippen molar-refractivity contribution >= 4 is 0 Å². The number of nitrogens with two attached hydrogens (primary N) is 1. The normalized spacial score (nSPS) is 41.0. The summed E-state index contributed by atoms with van der Waals surface area (Å²) in [6, 6.07) is 0.622. The number of rotatable bonds is 2. The van der Waals surface area contributed by atoms with Crippen LogP contribution in [0, 0.1) is 0 Å². The van der Waals surface area contributed by atoms with Crippen molar-refractivity contribution in [2.75, 3.05) is 32.7 Å². The maximum atomic E-state index is 6.06. The minimum Gasteiger partial charge on any atom is -0.339 e. The van der Waals surface area contributed by atoms with Gasteiger partial charge in [-0.1, -0.05) is 11.6 Å². The molecule has 1 aliphatic carbocycles. The molecular formula is C14H23N5O. The summed E-state index contributed by atoms with van der Waals surface area (Å²) in [4.78, 5) is 9.69. The summed E-state index contributed by atoms with van der Waals surface area (Å²) in [5.41, 5.74) is 6.06. The molecule has 0 aromatic carbocycles. The lowest BCUT2D eigenvalue weighted by atomic mass is 9.86. The smallest absolute Gasteiger partial charge is 0.229 e. The Balaban J connectivity index is 1.50. The van der Waals surface area contributed by atoms with E-state index in [1.807, 2.05) is 0 Å². The van der Waals surface area contributed by atoms with Gasteiger partial charge in [-0.25, -0.2) is 0 Å². The number of nitrogens with zero attached hydrogens (tertiary/aromatic N) is 4. The van der Waals surface area contributed by atoms with Crippen molar-refractivity contribution in [3.05, 3.63) is 11.7 Å². The van der Waals surface area contributed by atoms with Crippen molar-refractivity contribution in [2.45, 2.75) is 43.7 Å². The molecule has 5 rings (SSSR count). The molecule has 0 amide bonds. The molecule has 3 aliphatic heterocycles. The molecule has 4 fully saturated rings. The average molecular weight is 277 g/mol. The van der Waals surface area contributed by atoms with Gasteiger partial charge in [0, 0.05) is 44.7 Å². The van der Waals surface area contributed by atoms with Crippen LogP contribution in [0.15, 0.2) is 4.52 Å². The number of aromatic nitrogens is 2. The second kappa shape index (κ2) is 5.09. The number of hydrogen-bond acceptors (Lipinski definition) is 6. The lowest BCUT2D eigenvalue weighted by Crippen LogP contribution is -2.57.